The molecule has 1 aliphatic rings. The summed E-state index contributed by atoms with van der Waals surface area (Å²) in [5.74, 6) is -1.16. The predicted molar refractivity (Wildman–Crippen MR) is 123 cm³/mol. The fourth-order valence-electron chi connectivity index (χ4n) is 3.30. The number of aromatic nitrogens is 1. The third kappa shape index (κ3) is 5.07. The molecule has 7 nitrogen and oxygen atoms in total. The Morgan fingerprint density at radius 3 is 2.41 bits per heavy atom. The second-order valence-electron chi connectivity index (χ2n) is 7.22. The molecule has 0 bridgehead atoms. The lowest BCUT2D eigenvalue weighted by Gasteiger charge is -2.23. The molecular weight excluding hydrogens is 464 g/mol. The maximum Gasteiger partial charge on any atom is 0.387 e. The quantitative estimate of drug-likeness (QED) is 0.356. The molecule has 2 aromatic carbocycles. The molecule has 10 heteroatoms. The van der Waals surface area contributed by atoms with Crippen LogP contribution in [-0.2, 0) is 4.79 Å². The van der Waals surface area contributed by atoms with Gasteiger partial charge in [0.2, 0.25) is 0 Å². The number of hydrazone groups is 1. The number of thioether (sulfide) groups is 1. The van der Waals surface area contributed by atoms with Crippen LogP contribution < -0.4 is 9.47 Å². The standard InChI is InChI=1S/C24H19F2N3O4S/c1-14-11-12-16(13-27-14)21-28-29(22(31)17-7-3-5-9-19(17)32-15(2)30)23(34-21)18-8-4-6-10-20(18)33-24(25)26/h3-13,23-24H,1-2H3. The molecule has 34 heavy (non-hydrogen) atoms. The molecule has 0 aliphatic carbocycles. The first-order valence-corrected chi connectivity index (χ1v) is 11.0. The Hall–Kier alpha value is -3.79. The van der Waals surface area contributed by atoms with Gasteiger partial charge in [-0.05, 0) is 37.3 Å². The van der Waals surface area contributed by atoms with Crippen molar-refractivity contribution in [1.82, 2.24) is 9.99 Å². The van der Waals surface area contributed by atoms with E-state index in [-0.39, 0.29) is 17.1 Å². The number of rotatable bonds is 6. The number of hydrogen-bond donors (Lipinski definition) is 0. The van der Waals surface area contributed by atoms with Gasteiger partial charge in [-0.15, -0.1) is 0 Å². The summed E-state index contributed by atoms with van der Waals surface area (Å²) in [5, 5.41) is 5.34. The topological polar surface area (TPSA) is 81.1 Å². The number of carbonyl (C=O) groups is 2. The van der Waals surface area contributed by atoms with E-state index in [1.54, 1.807) is 36.5 Å². The van der Waals surface area contributed by atoms with Crippen LogP contribution >= 0.6 is 11.8 Å². The SMILES string of the molecule is CC(=O)Oc1ccccc1C(=O)N1N=C(c2ccc(C)nc2)SC1c1ccccc1OC(F)F. The monoisotopic (exact) mass is 483 g/mol. The number of hydrogen-bond acceptors (Lipinski definition) is 7. The van der Waals surface area contributed by atoms with Crippen molar-refractivity contribution in [3.05, 3.63) is 89.2 Å². The summed E-state index contributed by atoms with van der Waals surface area (Å²) in [5.41, 5.74) is 1.91. The maximum atomic E-state index is 13.6. The van der Waals surface area contributed by atoms with Crippen molar-refractivity contribution in [2.24, 2.45) is 5.10 Å². The molecule has 1 aliphatic heterocycles. The summed E-state index contributed by atoms with van der Waals surface area (Å²) in [4.78, 5) is 29.4. The second-order valence-corrected chi connectivity index (χ2v) is 8.29. The Labute approximate surface area is 198 Å². The first-order chi connectivity index (χ1) is 16.3. The van der Waals surface area contributed by atoms with Gasteiger partial charge in [-0.2, -0.15) is 13.9 Å². The van der Waals surface area contributed by atoms with Crippen LogP contribution in [0.1, 0.15) is 39.5 Å². The molecule has 1 atom stereocenters. The number of halogens is 2. The fourth-order valence-corrected chi connectivity index (χ4v) is 4.46. The van der Waals surface area contributed by atoms with Gasteiger partial charge in [-0.1, -0.05) is 42.1 Å². The number of alkyl halides is 2. The van der Waals surface area contributed by atoms with Crippen molar-refractivity contribution < 1.29 is 27.8 Å². The van der Waals surface area contributed by atoms with Gasteiger partial charge in [0.25, 0.3) is 5.91 Å². The van der Waals surface area contributed by atoms with Crippen LogP contribution in [0.2, 0.25) is 0 Å². The van der Waals surface area contributed by atoms with Crippen LogP contribution in [0.4, 0.5) is 8.78 Å². The zero-order valence-electron chi connectivity index (χ0n) is 18.1. The second kappa shape index (κ2) is 10.0. The van der Waals surface area contributed by atoms with Crippen molar-refractivity contribution in [1.29, 1.82) is 0 Å². The van der Waals surface area contributed by atoms with Crippen molar-refractivity contribution in [2.75, 3.05) is 0 Å². The summed E-state index contributed by atoms with van der Waals surface area (Å²) >= 11 is 1.20. The van der Waals surface area contributed by atoms with Crippen LogP contribution in [0.3, 0.4) is 0 Å². The van der Waals surface area contributed by atoms with Crippen LogP contribution in [0.25, 0.3) is 0 Å². The molecule has 0 fully saturated rings. The van der Waals surface area contributed by atoms with E-state index in [2.05, 4.69) is 10.1 Å². The van der Waals surface area contributed by atoms with Crippen molar-refractivity contribution in [3.63, 3.8) is 0 Å². The maximum absolute atomic E-state index is 13.6. The van der Waals surface area contributed by atoms with Gasteiger partial charge in [-0.25, -0.2) is 5.01 Å². The van der Waals surface area contributed by atoms with Gasteiger partial charge in [0, 0.05) is 29.9 Å². The third-order valence-corrected chi connectivity index (χ3v) is 6.00. The number of benzene rings is 2. The summed E-state index contributed by atoms with van der Waals surface area (Å²) in [6, 6.07) is 16.1. The third-order valence-electron chi connectivity index (χ3n) is 4.78. The first-order valence-electron chi connectivity index (χ1n) is 10.2. The number of ether oxygens (including phenoxy) is 2. The van der Waals surface area contributed by atoms with Crippen molar-refractivity contribution >= 4 is 28.7 Å². The lowest BCUT2D eigenvalue weighted by molar-refractivity contribution is -0.131. The number of carbonyl (C=O) groups excluding carboxylic acids is 2. The molecule has 0 saturated carbocycles. The first kappa shape index (κ1) is 23.4. The van der Waals surface area contributed by atoms with Crippen molar-refractivity contribution in [3.8, 4) is 11.5 Å². The van der Waals surface area contributed by atoms with Gasteiger partial charge in [0.1, 0.15) is 21.9 Å². The average molecular weight is 483 g/mol. The number of esters is 1. The zero-order valence-corrected chi connectivity index (χ0v) is 19.0. The zero-order chi connectivity index (χ0) is 24.2. The Morgan fingerprint density at radius 2 is 1.74 bits per heavy atom. The number of amides is 1. The molecule has 0 N–H and O–H groups in total. The molecule has 3 aromatic rings. The molecule has 174 valence electrons. The highest BCUT2D eigenvalue weighted by Crippen LogP contribution is 2.45. The largest absolute Gasteiger partial charge is 0.434 e. The number of para-hydroxylation sites is 2. The van der Waals surface area contributed by atoms with Crippen LogP contribution in [0.5, 0.6) is 11.5 Å². The summed E-state index contributed by atoms with van der Waals surface area (Å²) in [6.45, 7) is 0.0348. The molecule has 4 rings (SSSR count). The molecular formula is C24H19F2N3O4S. The highest BCUT2D eigenvalue weighted by atomic mass is 32.2. The smallest absolute Gasteiger partial charge is 0.387 e. The molecule has 1 aromatic heterocycles. The van der Waals surface area contributed by atoms with E-state index in [9.17, 15) is 18.4 Å². The Balaban J connectivity index is 1.78. The normalized spacial score (nSPS) is 15.3. The van der Waals surface area contributed by atoms with Crippen LogP contribution in [0.15, 0.2) is 72.0 Å². The minimum atomic E-state index is -3.04. The summed E-state index contributed by atoms with van der Waals surface area (Å²) in [7, 11) is 0. The lowest BCUT2D eigenvalue weighted by atomic mass is 10.1. The van der Waals surface area contributed by atoms with Crippen LogP contribution in [0, 0.1) is 6.92 Å². The van der Waals surface area contributed by atoms with E-state index in [4.69, 9.17) is 9.47 Å². The molecule has 1 amide bonds. The highest BCUT2D eigenvalue weighted by molar-refractivity contribution is 8.14. The van der Waals surface area contributed by atoms with Crippen molar-refractivity contribution in [2.45, 2.75) is 25.8 Å². The van der Waals surface area contributed by atoms with E-state index in [1.165, 1.54) is 41.9 Å². The molecule has 2 heterocycles. The summed E-state index contributed by atoms with van der Waals surface area (Å²) < 4.78 is 36.0. The number of aryl methyl sites for hydroxylation is 1. The van der Waals surface area contributed by atoms with E-state index < -0.39 is 23.9 Å². The molecule has 0 saturated heterocycles. The number of pyridine rings is 1. The van der Waals surface area contributed by atoms with Gasteiger partial charge in [0.05, 0.1) is 5.56 Å². The fraction of sp³-hybridized carbons (Fsp3) is 0.167. The Morgan fingerprint density at radius 1 is 1.03 bits per heavy atom. The van der Waals surface area contributed by atoms with Crippen LogP contribution in [-0.4, -0.2) is 33.5 Å². The molecule has 0 spiro atoms. The minimum Gasteiger partial charge on any atom is -0.434 e. The molecule has 1 unspecified atom stereocenters. The Bertz CT molecular complexity index is 1250. The predicted octanol–water partition coefficient (Wildman–Crippen LogP) is 5.17. The number of nitrogens with zero attached hydrogens (tertiary/aromatic N) is 3. The minimum absolute atomic E-state index is 0.0699. The van der Waals surface area contributed by atoms with Gasteiger partial charge in [0.15, 0.2) is 0 Å². The van der Waals surface area contributed by atoms with E-state index in [0.717, 1.165) is 5.69 Å². The summed E-state index contributed by atoms with van der Waals surface area (Å²) in [6.07, 6.45) is 1.63. The lowest BCUT2D eigenvalue weighted by Crippen LogP contribution is -2.27. The van der Waals surface area contributed by atoms with E-state index >= 15 is 0 Å². The van der Waals surface area contributed by atoms with Gasteiger partial charge < -0.3 is 9.47 Å². The average Bonchev–Trinajstić information content (AvgIpc) is 3.24. The van der Waals surface area contributed by atoms with Gasteiger partial charge in [-0.3, -0.25) is 14.6 Å². The molecule has 0 radical (unpaired) electrons. The Kier molecular flexibility index (Phi) is 6.87. The van der Waals surface area contributed by atoms with Gasteiger partial charge >= 0.3 is 12.6 Å². The highest BCUT2D eigenvalue weighted by Gasteiger charge is 2.37. The van der Waals surface area contributed by atoms with E-state index in [1.807, 2.05) is 19.1 Å². The van der Waals surface area contributed by atoms with E-state index in [0.29, 0.717) is 16.2 Å².